The molecule has 0 spiro atoms. The molecular weight excluding hydrogens is 298 g/mol. The molecule has 0 radical (unpaired) electrons. The van der Waals surface area contributed by atoms with Crippen LogP contribution in [0.3, 0.4) is 0 Å². The molecular formula is C21H33NO2. The standard InChI is InChI=1S/C21H33NO2/c1-7-12-17-14-19(18(13-8-2)16-22(6)9-3)15-20(23-10-4)21(17)24-11-5/h8,13-16H,7,9-12H2,1-6H3/b13-8-,18-16+. The molecule has 0 aliphatic carbocycles. The Morgan fingerprint density at radius 1 is 1.08 bits per heavy atom. The van der Waals surface area contributed by atoms with Gasteiger partial charge in [0.25, 0.3) is 0 Å². The second kappa shape index (κ2) is 10.8. The minimum Gasteiger partial charge on any atom is -0.490 e. The van der Waals surface area contributed by atoms with Crippen LogP contribution in [0.1, 0.15) is 52.2 Å². The number of nitrogens with zero attached hydrogens (tertiary/aromatic N) is 1. The van der Waals surface area contributed by atoms with E-state index >= 15 is 0 Å². The Bertz CT molecular complexity index is 534. The van der Waals surface area contributed by atoms with Crippen molar-refractivity contribution < 1.29 is 9.47 Å². The van der Waals surface area contributed by atoms with Gasteiger partial charge in [0.15, 0.2) is 11.5 Å². The molecule has 24 heavy (non-hydrogen) atoms. The average Bonchev–Trinajstić information content (AvgIpc) is 2.57. The first-order chi connectivity index (χ1) is 11.6. The Morgan fingerprint density at radius 2 is 1.79 bits per heavy atom. The van der Waals surface area contributed by atoms with Crippen LogP contribution in [0.2, 0.25) is 0 Å². The van der Waals surface area contributed by atoms with Crippen LogP contribution in [0.25, 0.3) is 5.57 Å². The van der Waals surface area contributed by atoms with Gasteiger partial charge in [-0.25, -0.2) is 0 Å². The number of aryl methyl sites for hydroxylation is 1. The second-order valence-corrected chi connectivity index (χ2v) is 5.74. The largest absolute Gasteiger partial charge is 0.490 e. The molecule has 0 aromatic heterocycles. The molecule has 0 N–H and O–H groups in total. The number of ether oxygens (including phenoxy) is 2. The van der Waals surface area contributed by atoms with Crippen LogP contribution in [0.4, 0.5) is 0 Å². The zero-order chi connectivity index (χ0) is 17.9. The first-order valence-electron chi connectivity index (χ1n) is 9.08. The summed E-state index contributed by atoms with van der Waals surface area (Å²) >= 11 is 0. The molecule has 1 aromatic rings. The molecule has 0 unspecified atom stereocenters. The molecule has 0 saturated carbocycles. The molecule has 0 amide bonds. The van der Waals surface area contributed by atoms with Crippen molar-refractivity contribution in [2.24, 2.45) is 0 Å². The van der Waals surface area contributed by atoms with Crippen LogP contribution in [-0.2, 0) is 6.42 Å². The van der Waals surface area contributed by atoms with E-state index in [4.69, 9.17) is 9.47 Å². The van der Waals surface area contributed by atoms with Gasteiger partial charge in [-0.3, -0.25) is 0 Å². The van der Waals surface area contributed by atoms with Crippen molar-refractivity contribution in [1.82, 2.24) is 4.90 Å². The lowest BCUT2D eigenvalue weighted by molar-refractivity contribution is 0.285. The summed E-state index contributed by atoms with van der Waals surface area (Å²) in [6.45, 7) is 12.7. The fourth-order valence-corrected chi connectivity index (χ4v) is 2.57. The summed E-state index contributed by atoms with van der Waals surface area (Å²) in [5.74, 6) is 1.74. The van der Waals surface area contributed by atoms with Gasteiger partial charge in [-0.1, -0.05) is 25.5 Å². The smallest absolute Gasteiger partial charge is 0.164 e. The van der Waals surface area contributed by atoms with E-state index in [2.05, 4.69) is 56.3 Å². The van der Waals surface area contributed by atoms with Crippen LogP contribution in [-0.4, -0.2) is 31.7 Å². The lowest BCUT2D eigenvalue weighted by Crippen LogP contribution is -2.10. The topological polar surface area (TPSA) is 21.7 Å². The van der Waals surface area contributed by atoms with Gasteiger partial charge in [-0.15, -0.1) is 0 Å². The van der Waals surface area contributed by atoms with Crippen molar-refractivity contribution in [2.75, 3.05) is 26.8 Å². The summed E-state index contributed by atoms with van der Waals surface area (Å²) in [6.07, 6.45) is 8.46. The van der Waals surface area contributed by atoms with Gasteiger partial charge in [-0.05, 0) is 62.9 Å². The van der Waals surface area contributed by atoms with Gasteiger partial charge in [-0.2, -0.15) is 0 Å². The van der Waals surface area contributed by atoms with E-state index in [0.717, 1.165) is 30.9 Å². The zero-order valence-electron chi connectivity index (χ0n) is 16.2. The molecule has 0 aliphatic rings. The normalized spacial score (nSPS) is 11.8. The van der Waals surface area contributed by atoms with E-state index in [9.17, 15) is 0 Å². The monoisotopic (exact) mass is 331 g/mol. The highest BCUT2D eigenvalue weighted by Crippen LogP contribution is 2.36. The third-order valence-electron chi connectivity index (χ3n) is 3.78. The van der Waals surface area contributed by atoms with Crippen LogP contribution < -0.4 is 9.47 Å². The summed E-state index contributed by atoms with van der Waals surface area (Å²) in [5.41, 5.74) is 3.57. The molecule has 134 valence electrons. The number of allylic oxidation sites excluding steroid dienone is 3. The molecule has 3 nitrogen and oxygen atoms in total. The van der Waals surface area contributed by atoms with Gasteiger partial charge >= 0.3 is 0 Å². The summed E-state index contributed by atoms with van der Waals surface area (Å²) in [5, 5.41) is 0. The molecule has 0 fully saturated rings. The average molecular weight is 332 g/mol. The molecule has 1 aromatic carbocycles. The van der Waals surface area contributed by atoms with Crippen LogP contribution in [0.5, 0.6) is 11.5 Å². The van der Waals surface area contributed by atoms with Gasteiger partial charge in [0, 0.05) is 19.8 Å². The Kier molecular flexibility index (Phi) is 9.06. The Hall–Kier alpha value is -1.90. The minimum absolute atomic E-state index is 0.632. The maximum absolute atomic E-state index is 5.90. The van der Waals surface area contributed by atoms with E-state index in [1.165, 1.54) is 16.7 Å². The number of benzene rings is 1. The van der Waals surface area contributed by atoms with Gasteiger partial charge in [0.05, 0.1) is 13.2 Å². The van der Waals surface area contributed by atoms with Crippen molar-refractivity contribution in [3.63, 3.8) is 0 Å². The molecule has 1 rings (SSSR count). The highest BCUT2D eigenvalue weighted by Gasteiger charge is 2.14. The molecule has 0 saturated heterocycles. The van der Waals surface area contributed by atoms with Gasteiger partial charge < -0.3 is 14.4 Å². The predicted molar refractivity (Wildman–Crippen MR) is 104 cm³/mol. The molecule has 0 heterocycles. The van der Waals surface area contributed by atoms with Crippen LogP contribution in [0, 0.1) is 0 Å². The quantitative estimate of drug-likeness (QED) is 0.543. The first-order valence-corrected chi connectivity index (χ1v) is 9.08. The number of hydrogen-bond donors (Lipinski definition) is 0. The van der Waals surface area contributed by atoms with Crippen LogP contribution in [0.15, 0.2) is 30.5 Å². The number of hydrogen-bond acceptors (Lipinski definition) is 3. The van der Waals surface area contributed by atoms with E-state index in [1.54, 1.807) is 0 Å². The Balaban J connectivity index is 3.47. The lowest BCUT2D eigenvalue weighted by Gasteiger charge is -2.19. The maximum Gasteiger partial charge on any atom is 0.164 e. The van der Waals surface area contributed by atoms with Crippen molar-refractivity contribution in [3.8, 4) is 11.5 Å². The van der Waals surface area contributed by atoms with Crippen molar-refractivity contribution >= 4 is 5.57 Å². The zero-order valence-corrected chi connectivity index (χ0v) is 16.2. The van der Waals surface area contributed by atoms with Gasteiger partial charge in [0.2, 0.25) is 0 Å². The van der Waals surface area contributed by atoms with E-state index in [1.807, 2.05) is 20.8 Å². The molecule has 3 heteroatoms. The molecule has 0 atom stereocenters. The third-order valence-corrected chi connectivity index (χ3v) is 3.78. The van der Waals surface area contributed by atoms with E-state index < -0.39 is 0 Å². The van der Waals surface area contributed by atoms with Crippen molar-refractivity contribution in [1.29, 1.82) is 0 Å². The fraction of sp³-hybridized carbons (Fsp3) is 0.524. The second-order valence-electron chi connectivity index (χ2n) is 5.74. The maximum atomic E-state index is 5.90. The SMILES string of the molecule is C/C=C\C(=C/N(C)CC)c1cc(CCC)c(OCC)c(OCC)c1. The lowest BCUT2D eigenvalue weighted by atomic mass is 9.99. The predicted octanol–water partition coefficient (Wildman–Crippen LogP) is 5.31. The third kappa shape index (κ3) is 5.63. The summed E-state index contributed by atoms with van der Waals surface area (Å²) < 4.78 is 11.8. The summed E-state index contributed by atoms with van der Waals surface area (Å²) in [7, 11) is 2.09. The van der Waals surface area contributed by atoms with Crippen LogP contribution >= 0.6 is 0 Å². The highest BCUT2D eigenvalue weighted by atomic mass is 16.5. The van der Waals surface area contributed by atoms with E-state index in [0.29, 0.717) is 13.2 Å². The van der Waals surface area contributed by atoms with Crippen molar-refractivity contribution in [2.45, 2.75) is 47.5 Å². The highest BCUT2D eigenvalue weighted by molar-refractivity contribution is 5.76. The van der Waals surface area contributed by atoms with Gasteiger partial charge in [0.1, 0.15) is 0 Å². The molecule has 0 bridgehead atoms. The van der Waals surface area contributed by atoms with Crippen molar-refractivity contribution in [3.05, 3.63) is 41.6 Å². The van der Waals surface area contributed by atoms with E-state index in [-0.39, 0.29) is 0 Å². The minimum atomic E-state index is 0.632. The summed E-state index contributed by atoms with van der Waals surface area (Å²) in [4.78, 5) is 2.19. The molecule has 0 aliphatic heterocycles. The fourth-order valence-electron chi connectivity index (χ4n) is 2.57. The first kappa shape index (κ1) is 20.1. The Morgan fingerprint density at radius 3 is 2.33 bits per heavy atom. The summed E-state index contributed by atoms with van der Waals surface area (Å²) in [6, 6.07) is 4.34. The Labute approximate surface area is 148 Å². The number of rotatable bonds is 10.